The molecule has 3 nitrogen and oxygen atoms in total. The van der Waals surface area contributed by atoms with Crippen molar-refractivity contribution in [3.8, 4) is 0 Å². The number of carboxylic acids is 1. The molecule has 112 valence electrons. The van der Waals surface area contributed by atoms with Crippen molar-refractivity contribution in [2.45, 2.75) is 26.7 Å². The number of thiazole rings is 1. The van der Waals surface area contributed by atoms with Crippen LogP contribution in [0.5, 0.6) is 0 Å². The van der Waals surface area contributed by atoms with Gasteiger partial charge in [-0.25, -0.2) is 18.6 Å². The van der Waals surface area contributed by atoms with E-state index in [1.165, 1.54) is 12.1 Å². The fourth-order valence-electron chi connectivity index (χ4n) is 2.00. The second-order valence-electron chi connectivity index (χ2n) is 5.20. The summed E-state index contributed by atoms with van der Waals surface area (Å²) < 4.78 is 26.5. The standard InChI is InChI=1S/C15H15F2NO2S/c1-8(2)5-12-14(15(19)20)21-13(18-12)6-9-3-4-10(16)7-11(9)17/h3-4,7-8H,5-6H2,1-2H3,(H,19,20). The molecule has 1 aromatic heterocycles. The van der Waals surface area contributed by atoms with Gasteiger partial charge >= 0.3 is 5.97 Å². The molecule has 0 bridgehead atoms. The number of hydrogen-bond acceptors (Lipinski definition) is 3. The number of aromatic carboxylic acids is 1. The minimum atomic E-state index is -1.02. The van der Waals surface area contributed by atoms with E-state index < -0.39 is 17.6 Å². The molecule has 0 atom stereocenters. The molecule has 0 aliphatic rings. The molecule has 0 fully saturated rings. The van der Waals surface area contributed by atoms with Crippen LogP contribution in [0.4, 0.5) is 8.78 Å². The van der Waals surface area contributed by atoms with Gasteiger partial charge in [0.2, 0.25) is 0 Å². The normalized spacial score (nSPS) is 11.1. The van der Waals surface area contributed by atoms with Crippen LogP contribution in [0.1, 0.15) is 39.8 Å². The van der Waals surface area contributed by atoms with Gasteiger partial charge in [0.05, 0.1) is 10.7 Å². The summed E-state index contributed by atoms with van der Waals surface area (Å²) in [6, 6.07) is 3.35. The largest absolute Gasteiger partial charge is 0.477 e. The van der Waals surface area contributed by atoms with Gasteiger partial charge in [-0.05, 0) is 24.0 Å². The molecule has 0 spiro atoms. The van der Waals surface area contributed by atoms with Gasteiger partial charge in [0, 0.05) is 12.5 Å². The lowest BCUT2D eigenvalue weighted by atomic mass is 10.1. The summed E-state index contributed by atoms with van der Waals surface area (Å²) >= 11 is 1.05. The number of carboxylic acid groups (broad SMARTS) is 1. The minimum Gasteiger partial charge on any atom is -0.477 e. The zero-order valence-electron chi connectivity index (χ0n) is 11.7. The van der Waals surface area contributed by atoms with Gasteiger partial charge < -0.3 is 5.11 Å². The summed E-state index contributed by atoms with van der Waals surface area (Å²) in [6.45, 7) is 3.95. The molecule has 0 radical (unpaired) electrons. The maximum atomic E-state index is 13.6. The van der Waals surface area contributed by atoms with E-state index >= 15 is 0 Å². The van der Waals surface area contributed by atoms with Crippen LogP contribution >= 0.6 is 11.3 Å². The second kappa shape index (κ2) is 6.30. The zero-order chi connectivity index (χ0) is 15.6. The first-order valence-electron chi connectivity index (χ1n) is 6.52. The predicted octanol–water partition coefficient (Wildman–Crippen LogP) is 3.91. The Morgan fingerprint density at radius 2 is 2.10 bits per heavy atom. The fourth-order valence-corrected chi connectivity index (χ4v) is 2.95. The maximum Gasteiger partial charge on any atom is 0.347 e. The van der Waals surface area contributed by atoms with Crippen LogP contribution in [0.2, 0.25) is 0 Å². The van der Waals surface area contributed by atoms with E-state index in [0.717, 1.165) is 17.4 Å². The summed E-state index contributed by atoms with van der Waals surface area (Å²) in [7, 11) is 0. The number of hydrogen-bond donors (Lipinski definition) is 1. The third-order valence-corrected chi connectivity index (χ3v) is 3.98. The first kappa shape index (κ1) is 15.6. The van der Waals surface area contributed by atoms with Crippen molar-refractivity contribution >= 4 is 17.3 Å². The summed E-state index contributed by atoms with van der Waals surface area (Å²) in [5.74, 6) is -2.02. The second-order valence-corrected chi connectivity index (χ2v) is 6.28. The lowest BCUT2D eigenvalue weighted by Gasteiger charge is -2.02. The van der Waals surface area contributed by atoms with Crippen molar-refractivity contribution in [3.05, 3.63) is 51.0 Å². The molecule has 0 saturated heterocycles. The SMILES string of the molecule is CC(C)Cc1nc(Cc2ccc(F)cc2F)sc1C(=O)O. The lowest BCUT2D eigenvalue weighted by Crippen LogP contribution is -2.02. The average molecular weight is 311 g/mol. The monoisotopic (exact) mass is 311 g/mol. The van der Waals surface area contributed by atoms with Gasteiger partial charge in [-0.15, -0.1) is 11.3 Å². The molecule has 0 aliphatic carbocycles. The highest BCUT2D eigenvalue weighted by atomic mass is 32.1. The van der Waals surface area contributed by atoms with Crippen LogP contribution in [0.25, 0.3) is 0 Å². The van der Waals surface area contributed by atoms with Crippen molar-refractivity contribution in [2.24, 2.45) is 5.92 Å². The average Bonchev–Trinajstić information content (AvgIpc) is 2.75. The highest BCUT2D eigenvalue weighted by Gasteiger charge is 2.19. The van der Waals surface area contributed by atoms with Crippen molar-refractivity contribution in [1.29, 1.82) is 0 Å². The fraction of sp³-hybridized carbons (Fsp3) is 0.333. The minimum absolute atomic E-state index is 0.162. The Morgan fingerprint density at radius 1 is 1.38 bits per heavy atom. The smallest absolute Gasteiger partial charge is 0.347 e. The van der Waals surface area contributed by atoms with Gasteiger partial charge in [-0.3, -0.25) is 0 Å². The molecule has 0 amide bonds. The van der Waals surface area contributed by atoms with E-state index in [-0.39, 0.29) is 17.2 Å². The molecule has 6 heteroatoms. The molecule has 1 N–H and O–H groups in total. The molecular weight excluding hydrogens is 296 g/mol. The van der Waals surface area contributed by atoms with E-state index in [1.54, 1.807) is 0 Å². The summed E-state index contributed by atoms with van der Waals surface area (Å²) in [6.07, 6.45) is 0.721. The van der Waals surface area contributed by atoms with Gasteiger partial charge in [-0.1, -0.05) is 19.9 Å². The molecule has 21 heavy (non-hydrogen) atoms. The topological polar surface area (TPSA) is 50.2 Å². The Morgan fingerprint density at radius 3 is 2.67 bits per heavy atom. The highest BCUT2D eigenvalue weighted by Crippen LogP contribution is 2.24. The first-order valence-corrected chi connectivity index (χ1v) is 7.34. The van der Waals surface area contributed by atoms with E-state index in [0.29, 0.717) is 22.7 Å². The number of benzene rings is 1. The van der Waals surface area contributed by atoms with E-state index in [4.69, 9.17) is 0 Å². The quantitative estimate of drug-likeness (QED) is 0.911. The van der Waals surface area contributed by atoms with E-state index in [1.807, 2.05) is 13.8 Å². The molecule has 0 unspecified atom stereocenters. The third kappa shape index (κ3) is 3.85. The Bertz CT molecular complexity index is 668. The van der Waals surface area contributed by atoms with Gasteiger partial charge in [-0.2, -0.15) is 0 Å². The molecule has 2 aromatic rings. The lowest BCUT2D eigenvalue weighted by molar-refractivity contribution is 0.0700. The Labute approximate surface area is 125 Å². The Hall–Kier alpha value is -1.82. The van der Waals surface area contributed by atoms with Crippen molar-refractivity contribution < 1.29 is 18.7 Å². The number of halogens is 2. The van der Waals surface area contributed by atoms with Crippen LogP contribution in [0.3, 0.4) is 0 Å². The molecular formula is C15H15F2NO2S. The summed E-state index contributed by atoms with van der Waals surface area (Å²) in [4.78, 5) is 15.7. The van der Waals surface area contributed by atoms with Gasteiger partial charge in [0.25, 0.3) is 0 Å². The van der Waals surface area contributed by atoms with E-state index in [2.05, 4.69) is 4.98 Å². The number of nitrogens with zero attached hydrogens (tertiary/aromatic N) is 1. The summed E-state index contributed by atoms with van der Waals surface area (Å²) in [5, 5.41) is 9.72. The van der Waals surface area contributed by atoms with E-state index in [9.17, 15) is 18.7 Å². The van der Waals surface area contributed by atoms with Gasteiger partial charge in [0.1, 0.15) is 16.5 Å². The highest BCUT2D eigenvalue weighted by molar-refractivity contribution is 7.13. The Kier molecular flexibility index (Phi) is 4.67. The number of carbonyl (C=O) groups is 1. The molecule has 0 saturated carbocycles. The zero-order valence-corrected chi connectivity index (χ0v) is 12.5. The van der Waals surface area contributed by atoms with Crippen LogP contribution in [0, 0.1) is 17.6 Å². The van der Waals surface area contributed by atoms with Crippen LogP contribution < -0.4 is 0 Å². The van der Waals surface area contributed by atoms with Crippen molar-refractivity contribution in [1.82, 2.24) is 4.98 Å². The van der Waals surface area contributed by atoms with Crippen LogP contribution in [-0.2, 0) is 12.8 Å². The van der Waals surface area contributed by atoms with Crippen molar-refractivity contribution in [3.63, 3.8) is 0 Å². The molecule has 1 aromatic carbocycles. The molecule has 2 rings (SSSR count). The van der Waals surface area contributed by atoms with Crippen LogP contribution in [0.15, 0.2) is 18.2 Å². The predicted molar refractivity (Wildman–Crippen MR) is 76.8 cm³/mol. The summed E-state index contributed by atoms with van der Waals surface area (Å²) in [5.41, 5.74) is 0.832. The van der Waals surface area contributed by atoms with Crippen LogP contribution in [-0.4, -0.2) is 16.1 Å². The number of aromatic nitrogens is 1. The first-order chi connectivity index (χ1) is 9.86. The number of rotatable bonds is 5. The molecule has 0 aliphatic heterocycles. The maximum absolute atomic E-state index is 13.6. The van der Waals surface area contributed by atoms with Gasteiger partial charge in [0.15, 0.2) is 0 Å². The third-order valence-electron chi connectivity index (χ3n) is 2.89. The van der Waals surface area contributed by atoms with Crippen molar-refractivity contribution in [2.75, 3.05) is 0 Å². The molecule has 1 heterocycles. The Balaban J connectivity index is 2.30.